The SMILES string of the molecule is Cl.NC1C2CCCC1CC(C(=O)Nc1ccc(OC(F)F)c(Cl)c1)C2. The van der Waals surface area contributed by atoms with Crippen LogP contribution in [0.5, 0.6) is 5.75 Å². The molecule has 2 fully saturated rings. The smallest absolute Gasteiger partial charge is 0.387 e. The lowest BCUT2D eigenvalue weighted by atomic mass is 9.65. The predicted octanol–water partition coefficient (Wildman–Crippen LogP) is 4.46. The third-order valence-corrected chi connectivity index (χ3v) is 5.49. The van der Waals surface area contributed by atoms with Gasteiger partial charge in [0.25, 0.3) is 0 Å². The number of hydrogen-bond donors (Lipinski definition) is 2. The van der Waals surface area contributed by atoms with Crippen molar-refractivity contribution in [1.82, 2.24) is 0 Å². The summed E-state index contributed by atoms with van der Waals surface area (Å²) >= 11 is 5.91. The molecule has 140 valence electrons. The van der Waals surface area contributed by atoms with Crippen molar-refractivity contribution in [3.63, 3.8) is 0 Å². The maximum atomic E-state index is 12.5. The first-order valence-corrected chi connectivity index (χ1v) is 8.62. The summed E-state index contributed by atoms with van der Waals surface area (Å²) in [7, 11) is 0. The van der Waals surface area contributed by atoms with E-state index in [2.05, 4.69) is 10.1 Å². The van der Waals surface area contributed by atoms with Crippen molar-refractivity contribution >= 4 is 35.6 Å². The van der Waals surface area contributed by atoms with Crippen molar-refractivity contribution in [2.45, 2.75) is 44.8 Å². The van der Waals surface area contributed by atoms with Gasteiger partial charge in [0.1, 0.15) is 5.75 Å². The molecule has 4 nitrogen and oxygen atoms in total. The number of carbonyl (C=O) groups is 1. The molecule has 0 radical (unpaired) electrons. The van der Waals surface area contributed by atoms with Gasteiger partial charge in [0.15, 0.2) is 0 Å². The number of carbonyl (C=O) groups excluding carboxylic acids is 1. The van der Waals surface area contributed by atoms with Gasteiger partial charge in [0.05, 0.1) is 5.02 Å². The molecule has 25 heavy (non-hydrogen) atoms. The van der Waals surface area contributed by atoms with Crippen LogP contribution < -0.4 is 15.8 Å². The van der Waals surface area contributed by atoms with Gasteiger partial charge in [0, 0.05) is 17.6 Å². The summed E-state index contributed by atoms with van der Waals surface area (Å²) in [6.45, 7) is -2.94. The van der Waals surface area contributed by atoms with Crippen LogP contribution in [0, 0.1) is 17.8 Å². The van der Waals surface area contributed by atoms with Gasteiger partial charge in [-0.3, -0.25) is 4.79 Å². The van der Waals surface area contributed by atoms with E-state index in [0.717, 1.165) is 25.7 Å². The number of nitrogens with two attached hydrogens (primary N) is 1. The fourth-order valence-corrected chi connectivity index (χ4v) is 4.24. The van der Waals surface area contributed by atoms with Crippen molar-refractivity contribution in [3.8, 4) is 5.75 Å². The third kappa shape index (κ3) is 4.74. The molecular weight excluding hydrogens is 373 g/mol. The number of alkyl halides is 2. The van der Waals surface area contributed by atoms with Crippen LogP contribution in [0.4, 0.5) is 14.5 Å². The molecule has 2 aliphatic carbocycles. The Morgan fingerprint density at radius 2 is 1.92 bits per heavy atom. The summed E-state index contributed by atoms with van der Waals surface area (Å²) in [6, 6.07) is 4.47. The van der Waals surface area contributed by atoms with Gasteiger partial charge in [-0.25, -0.2) is 0 Å². The maximum absolute atomic E-state index is 12.5. The summed E-state index contributed by atoms with van der Waals surface area (Å²) in [4.78, 5) is 12.5. The lowest BCUT2D eigenvalue weighted by molar-refractivity contribution is -0.122. The van der Waals surface area contributed by atoms with E-state index in [1.165, 1.54) is 24.6 Å². The molecule has 3 rings (SSSR count). The Labute approximate surface area is 156 Å². The average Bonchev–Trinajstić information content (AvgIpc) is 2.49. The van der Waals surface area contributed by atoms with Gasteiger partial charge < -0.3 is 15.8 Å². The highest BCUT2D eigenvalue weighted by Crippen LogP contribution is 2.42. The first-order valence-electron chi connectivity index (χ1n) is 8.25. The van der Waals surface area contributed by atoms with Gasteiger partial charge in [-0.2, -0.15) is 8.78 Å². The standard InChI is InChI=1S/C17H21ClF2N2O2.ClH/c18-13-8-12(4-5-14(13)24-17(19)20)22-16(23)11-6-9-2-1-3-10(7-11)15(9)21;/h4-5,8-11,15,17H,1-3,6-7,21H2,(H,22,23);1H. The predicted molar refractivity (Wildman–Crippen MR) is 95.5 cm³/mol. The minimum atomic E-state index is -2.94. The van der Waals surface area contributed by atoms with Gasteiger partial charge in [-0.15, -0.1) is 12.4 Å². The Hall–Kier alpha value is -1.11. The van der Waals surface area contributed by atoms with Crippen LogP contribution in [0.1, 0.15) is 32.1 Å². The zero-order valence-electron chi connectivity index (χ0n) is 13.6. The highest BCUT2D eigenvalue weighted by molar-refractivity contribution is 6.32. The number of fused-ring (bicyclic) bond motifs is 2. The van der Waals surface area contributed by atoms with Crippen LogP contribution in [-0.2, 0) is 4.79 Å². The molecule has 1 amide bonds. The highest BCUT2D eigenvalue weighted by Gasteiger charge is 2.40. The number of nitrogens with one attached hydrogen (secondary N) is 1. The molecule has 2 aliphatic rings. The largest absolute Gasteiger partial charge is 0.433 e. The van der Waals surface area contributed by atoms with Crippen LogP contribution in [0.2, 0.25) is 5.02 Å². The number of anilines is 1. The number of benzene rings is 1. The van der Waals surface area contributed by atoms with Crippen molar-refractivity contribution in [3.05, 3.63) is 23.2 Å². The quantitative estimate of drug-likeness (QED) is 0.792. The number of halogens is 4. The number of amides is 1. The molecule has 0 aromatic heterocycles. The second-order valence-electron chi connectivity index (χ2n) is 6.71. The molecule has 0 aliphatic heterocycles. The van der Waals surface area contributed by atoms with Gasteiger partial charge in [0.2, 0.25) is 5.91 Å². The van der Waals surface area contributed by atoms with Gasteiger partial charge in [-0.1, -0.05) is 18.0 Å². The summed E-state index contributed by atoms with van der Waals surface area (Å²) in [5, 5.41) is 2.87. The first kappa shape index (κ1) is 20.2. The molecule has 0 saturated heterocycles. The minimum absolute atomic E-state index is 0. The number of ether oxygens (including phenoxy) is 1. The van der Waals surface area contributed by atoms with Crippen LogP contribution in [0.3, 0.4) is 0 Å². The molecule has 2 saturated carbocycles. The van der Waals surface area contributed by atoms with Crippen molar-refractivity contribution in [2.24, 2.45) is 23.5 Å². The van der Waals surface area contributed by atoms with Gasteiger partial charge >= 0.3 is 6.61 Å². The van der Waals surface area contributed by atoms with Crippen LogP contribution in [-0.4, -0.2) is 18.6 Å². The lowest BCUT2D eigenvalue weighted by Crippen LogP contribution is -2.48. The Kier molecular flexibility index (Phi) is 6.88. The second-order valence-corrected chi connectivity index (χ2v) is 7.12. The van der Waals surface area contributed by atoms with E-state index in [-0.39, 0.29) is 41.0 Å². The zero-order chi connectivity index (χ0) is 17.3. The van der Waals surface area contributed by atoms with E-state index >= 15 is 0 Å². The van der Waals surface area contributed by atoms with Crippen molar-refractivity contribution in [2.75, 3.05) is 5.32 Å². The minimum Gasteiger partial charge on any atom is -0.433 e. The van der Waals surface area contributed by atoms with E-state index < -0.39 is 6.61 Å². The maximum Gasteiger partial charge on any atom is 0.387 e. The summed E-state index contributed by atoms with van der Waals surface area (Å²) in [5.41, 5.74) is 6.73. The van der Waals surface area contributed by atoms with E-state index in [9.17, 15) is 13.6 Å². The topological polar surface area (TPSA) is 64.4 Å². The van der Waals surface area contributed by atoms with E-state index in [1.807, 2.05) is 0 Å². The van der Waals surface area contributed by atoms with Crippen molar-refractivity contribution < 1.29 is 18.3 Å². The Balaban J connectivity index is 0.00000225. The highest BCUT2D eigenvalue weighted by atomic mass is 35.5. The summed E-state index contributed by atoms with van der Waals surface area (Å²) in [5.74, 6) is 0.605. The average molecular weight is 395 g/mol. The Bertz CT molecular complexity index is 604. The van der Waals surface area contributed by atoms with Crippen molar-refractivity contribution in [1.29, 1.82) is 0 Å². The summed E-state index contributed by atoms with van der Waals surface area (Å²) in [6.07, 6.45) is 4.99. The van der Waals surface area contributed by atoms with Crippen LogP contribution in [0.15, 0.2) is 18.2 Å². The Morgan fingerprint density at radius 1 is 1.28 bits per heavy atom. The molecule has 2 unspecified atom stereocenters. The monoisotopic (exact) mass is 394 g/mol. The third-order valence-electron chi connectivity index (χ3n) is 5.20. The van der Waals surface area contributed by atoms with E-state index in [4.69, 9.17) is 17.3 Å². The molecule has 1 aromatic carbocycles. The van der Waals surface area contributed by atoms with Crippen LogP contribution >= 0.6 is 24.0 Å². The van der Waals surface area contributed by atoms with Gasteiger partial charge in [-0.05, 0) is 55.7 Å². The lowest BCUT2D eigenvalue weighted by Gasteiger charge is -2.43. The normalized spacial score (nSPS) is 28.2. The zero-order valence-corrected chi connectivity index (χ0v) is 15.2. The molecule has 2 bridgehead atoms. The fourth-order valence-electron chi connectivity index (χ4n) is 4.02. The molecule has 8 heteroatoms. The molecular formula is C17H22Cl2F2N2O2. The van der Waals surface area contributed by atoms with Crippen LogP contribution in [0.25, 0.3) is 0 Å². The Morgan fingerprint density at radius 3 is 2.48 bits per heavy atom. The second kappa shape index (κ2) is 8.52. The summed E-state index contributed by atoms with van der Waals surface area (Å²) < 4.78 is 28.8. The molecule has 2 atom stereocenters. The number of hydrogen-bond acceptors (Lipinski definition) is 3. The molecule has 0 heterocycles. The molecule has 1 aromatic rings. The van der Waals surface area contributed by atoms with E-state index in [0.29, 0.717) is 17.5 Å². The van der Waals surface area contributed by atoms with E-state index in [1.54, 1.807) is 0 Å². The fraction of sp³-hybridized carbons (Fsp3) is 0.588. The first-order chi connectivity index (χ1) is 11.4. The molecule has 3 N–H and O–H groups in total. The number of rotatable bonds is 4. The molecule has 0 spiro atoms.